The molecule has 2 aliphatic heterocycles. The Morgan fingerprint density at radius 2 is 1.83 bits per heavy atom. The summed E-state index contributed by atoms with van der Waals surface area (Å²) in [7, 11) is 0. The molecule has 8 heteroatoms. The van der Waals surface area contributed by atoms with Gasteiger partial charge in [-0.3, -0.25) is 24.3 Å². The van der Waals surface area contributed by atoms with Crippen LogP contribution in [0, 0.1) is 11.6 Å². The normalized spacial score (nSPS) is 21.9. The van der Waals surface area contributed by atoms with Gasteiger partial charge in [-0.15, -0.1) is 0 Å². The molecule has 2 saturated heterocycles. The van der Waals surface area contributed by atoms with E-state index in [2.05, 4.69) is 4.98 Å². The number of pyridine rings is 1. The van der Waals surface area contributed by atoms with E-state index < -0.39 is 23.0 Å². The van der Waals surface area contributed by atoms with Crippen molar-refractivity contribution in [1.82, 2.24) is 14.8 Å². The highest BCUT2D eigenvalue weighted by molar-refractivity contribution is 6.10. The van der Waals surface area contributed by atoms with E-state index in [1.54, 1.807) is 47.6 Å². The Bertz CT molecular complexity index is 1300. The predicted molar refractivity (Wildman–Crippen MR) is 127 cm³/mol. The third kappa shape index (κ3) is 4.39. The quantitative estimate of drug-likeness (QED) is 0.484. The van der Waals surface area contributed by atoms with Gasteiger partial charge in [-0.05, 0) is 59.9 Å². The number of rotatable bonds is 6. The fraction of sp³-hybridized carbons (Fsp3) is 0.286. The van der Waals surface area contributed by atoms with Gasteiger partial charge in [0, 0.05) is 31.8 Å². The Morgan fingerprint density at radius 3 is 2.56 bits per heavy atom. The van der Waals surface area contributed by atoms with E-state index in [9.17, 15) is 23.2 Å². The van der Waals surface area contributed by atoms with Crippen molar-refractivity contribution in [3.8, 4) is 0 Å². The number of carbonyl (C=O) groups excluding carboxylic acids is 3. The summed E-state index contributed by atoms with van der Waals surface area (Å²) in [6.45, 7) is 0.514. The minimum atomic E-state index is -1.51. The second-order valence-corrected chi connectivity index (χ2v) is 9.39. The van der Waals surface area contributed by atoms with Crippen LogP contribution in [0.2, 0.25) is 0 Å². The Hall–Kier alpha value is -3.94. The Morgan fingerprint density at radius 1 is 1.03 bits per heavy atom. The summed E-state index contributed by atoms with van der Waals surface area (Å²) in [5, 5.41) is 0. The summed E-state index contributed by atoms with van der Waals surface area (Å²) in [5.41, 5.74) is 0.292. The number of likely N-dealkylation sites (tertiary alicyclic amines) is 2. The predicted octanol–water partition coefficient (Wildman–Crippen LogP) is 4.31. The van der Waals surface area contributed by atoms with Crippen LogP contribution >= 0.6 is 0 Å². The number of nitrogens with zero attached hydrogens (tertiary/aromatic N) is 3. The van der Waals surface area contributed by atoms with Crippen LogP contribution in [-0.4, -0.2) is 39.1 Å². The van der Waals surface area contributed by atoms with Gasteiger partial charge in [0.05, 0.1) is 18.0 Å². The molecule has 3 heterocycles. The van der Waals surface area contributed by atoms with Crippen LogP contribution in [0.4, 0.5) is 8.78 Å². The molecule has 0 spiro atoms. The van der Waals surface area contributed by atoms with Crippen molar-refractivity contribution in [1.29, 1.82) is 0 Å². The van der Waals surface area contributed by atoms with Crippen molar-refractivity contribution < 1.29 is 23.2 Å². The van der Waals surface area contributed by atoms with E-state index in [1.165, 1.54) is 30.3 Å². The Kier molecular flexibility index (Phi) is 6.35. The average molecular weight is 490 g/mol. The molecule has 3 aromatic rings. The summed E-state index contributed by atoms with van der Waals surface area (Å²) in [4.78, 5) is 47.5. The fourth-order valence-electron chi connectivity index (χ4n) is 5.34. The number of imide groups is 1. The van der Waals surface area contributed by atoms with Crippen molar-refractivity contribution in [2.45, 2.75) is 43.7 Å². The highest BCUT2D eigenvalue weighted by atomic mass is 19.1. The second kappa shape index (κ2) is 9.60. The maximum Gasteiger partial charge on any atom is 0.241 e. The molecule has 0 saturated carbocycles. The van der Waals surface area contributed by atoms with Crippen LogP contribution in [-0.2, 0) is 26.3 Å². The Balaban J connectivity index is 1.47. The monoisotopic (exact) mass is 489 g/mol. The highest BCUT2D eigenvalue weighted by Crippen LogP contribution is 2.43. The SMILES string of the molecule is O=C1C[C@](CC(=O)N2CCC[C@@H]2c2ccc(F)cc2)(c2cccc(F)c2)C(=O)N1Cc1cccnc1. The summed E-state index contributed by atoms with van der Waals surface area (Å²) in [5.74, 6) is -2.14. The minimum absolute atomic E-state index is 0.0265. The zero-order chi connectivity index (χ0) is 25.3. The number of benzene rings is 2. The number of aromatic nitrogens is 1. The summed E-state index contributed by atoms with van der Waals surface area (Å²) >= 11 is 0. The first-order valence-corrected chi connectivity index (χ1v) is 11.9. The molecule has 3 amide bonds. The maximum absolute atomic E-state index is 14.3. The van der Waals surface area contributed by atoms with Gasteiger partial charge in [0.25, 0.3) is 0 Å². The van der Waals surface area contributed by atoms with E-state index in [0.29, 0.717) is 24.1 Å². The lowest BCUT2D eigenvalue weighted by atomic mass is 9.75. The molecule has 0 aliphatic carbocycles. The molecule has 184 valence electrons. The van der Waals surface area contributed by atoms with Gasteiger partial charge in [-0.1, -0.05) is 30.3 Å². The molecule has 2 aliphatic rings. The number of hydrogen-bond acceptors (Lipinski definition) is 4. The van der Waals surface area contributed by atoms with E-state index in [4.69, 9.17) is 0 Å². The molecule has 36 heavy (non-hydrogen) atoms. The lowest BCUT2D eigenvalue weighted by Crippen LogP contribution is -2.43. The highest BCUT2D eigenvalue weighted by Gasteiger charge is 2.54. The van der Waals surface area contributed by atoms with Gasteiger partial charge < -0.3 is 4.90 Å². The van der Waals surface area contributed by atoms with Gasteiger partial charge >= 0.3 is 0 Å². The number of amides is 3. The first-order valence-electron chi connectivity index (χ1n) is 11.9. The van der Waals surface area contributed by atoms with Crippen LogP contribution in [0.25, 0.3) is 0 Å². The van der Waals surface area contributed by atoms with Gasteiger partial charge in [0.2, 0.25) is 17.7 Å². The van der Waals surface area contributed by atoms with Crippen LogP contribution in [0.3, 0.4) is 0 Å². The molecule has 1 aromatic heterocycles. The van der Waals surface area contributed by atoms with Gasteiger partial charge in [0.1, 0.15) is 11.6 Å². The third-order valence-electron chi connectivity index (χ3n) is 7.13. The average Bonchev–Trinajstić information content (AvgIpc) is 3.45. The second-order valence-electron chi connectivity index (χ2n) is 9.39. The van der Waals surface area contributed by atoms with Gasteiger partial charge in [0.15, 0.2) is 0 Å². The molecule has 2 aromatic carbocycles. The van der Waals surface area contributed by atoms with Crippen LogP contribution in [0.5, 0.6) is 0 Å². The molecule has 0 N–H and O–H groups in total. The third-order valence-corrected chi connectivity index (χ3v) is 7.13. The fourth-order valence-corrected chi connectivity index (χ4v) is 5.34. The van der Waals surface area contributed by atoms with E-state index in [1.807, 2.05) is 0 Å². The molecular formula is C28H25F2N3O3. The first kappa shape index (κ1) is 23.8. The molecule has 6 nitrogen and oxygen atoms in total. The number of carbonyl (C=O) groups is 3. The lowest BCUT2D eigenvalue weighted by molar-refractivity contribution is -0.143. The van der Waals surface area contributed by atoms with E-state index in [-0.39, 0.29) is 37.2 Å². The van der Waals surface area contributed by atoms with Crippen molar-refractivity contribution in [2.75, 3.05) is 6.54 Å². The van der Waals surface area contributed by atoms with Gasteiger partial charge in [-0.25, -0.2) is 8.78 Å². The molecule has 2 fully saturated rings. The number of hydrogen-bond donors (Lipinski definition) is 0. The van der Waals surface area contributed by atoms with Crippen molar-refractivity contribution in [2.24, 2.45) is 0 Å². The van der Waals surface area contributed by atoms with E-state index in [0.717, 1.165) is 16.9 Å². The van der Waals surface area contributed by atoms with Crippen molar-refractivity contribution in [3.63, 3.8) is 0 Å². The first-order chi connectivity index (χ1) is 17.4. The zero-order valence-electron chi connectivity index (χ0n) is 19.6. The van der Waals surface area contributed by atoms with Gasteiger partial charge in [-0.2, -0.15) is 0 Å². The van der Waals surface area contributed by atoms with Crippen molar-refractivity contribution >= 4 is 17.7 Å². The maximum atomic E-state index is 14.3. The van der Waals surface area contributed by atoms with Crippen molar-refractivity contribution in [3.05, 3.63) is 101 Å². The van der Waals surface area contributed by atoms with Crippen LogP contribution in [0.15, 0.2) is 73.1 Å². The topological polar surface area (TPSA) is 70.6 Å². The summed E-state index contributed by atoms with van der Waals surface area (Å²) in [6, 6.07) is 14.8. The lowest BCUT2D eigenvalue weighted by Gasteiger charge is -2.31. The molecule has 0 bridgehead atoms. The zero-order valence-corrected chi connectivity index (χ0v) is 19.6. The minimum Gasteiger partial charge on any atom is -0.336 e. The standard InChI is InChI=1S/C28H25F2N3O3/c29-22-10-8-20(9-11-22)24-7-3-13-32(24)25(34)15-28(21-5-1-6-23(30)14-21)16-26(35)33(27(28)36)18-19-4-2-12-31-17-19/h1-2,4-6,8-12,14,17,24H,3,7,13,15-16,18H2/t24-,28-/m1/s1. The Labute approximate surface area is 207 Å². The summed E-state index contributed by atoms with van der Waals surface area (Å²) < 4.78 is 27.7. The van der Waals surface area contributed by atoms with Crippen LogP contribution in [0.1, 0.15) is 48.4 Å². The molecule has 2 atom stereocenters. The number of halogens is 2. The largest absolute Gasteiger partial charge is 0.336 e. The molecule has 5 rings (SSSR count). The molecule has 0 unspecified atom stereocenters. The molecular weight excluding hydrogens is 464 g/mol. The molecule has 0 radical (unpaired) electrons. The smallest absolute Gasteiger partial charge is 0.241 e. The van der Waals surface area contributed by atoms with E-state index >= 15 is 0 Å². The van der Waals surface area contributed by atoms with Crippen LogP contribution < -0.4 is 0 Å². The summed E-state index contributed by atoms with van der Waals surface area (Å²) in [6.07, 6.45) is 4.16.